The number of benzene rings is 1. The molecule has 1 saturated heterocycles. The minimum Gasteiger partial charge on any atom is -0.382 e. The maximum atomic E-state index is 13.4. The van der Waals surface area contributed by atoms with Crippen molar-refractivity contribution in [3.8, 4) is 0 Å². The van der Waals surface area contributed by atoms with E-state index < -0.39 is 0 Å². The molecule has 1 fully saturated rings. The van der Waals surface area contributed by atoms with Gasteiger partial charge in [-0.2, -0.15) is 5.10 Å². The summed E-state index contributed by atoms with van der Waals surface area (Å²) in [4.78, 5) is 2.34. The molecule has 3 rings (SSSR count). The highest BCUT2D eigenvalue weighted by molar-refractivity contribution is 5.28. The highest BCUT2D eigenvalue weighted by Crippen LogP contribution is 2.32. The lowest BCUT2D eigenvalue weighted by atomic mass is 10.1. The van der Waals surface area contributed by atoms with Crippen LogP contribution in [0.5, 0.6) is 0 Å². The molecule has 110 valence electrons. The Morgan fingerprint density at radius 2 is 2.14 bits per heavy atom. The lowest BCUT2D eigenvalue weighted by Crippen LogP contribution is -2.24. The summed E-state index contributed by atoms with van der Waals surface area (Å²) < 4.78 is 13.4. The van der Waals surface area contributed by atoms with Crippen LogP contribution < -0.4 is 5.73 Å². The molecule has 0 radical (unpaired) electrons. The number of nitrogen functional groups attached to an aromatic ring is 1. The van der Waals surface area contributed by atoms with E-state index in [1.807, 2.05) is 19.1 Å². The number of aromatic nitrogens is 2. The first kappa shape index (κ1) is 13.9. The van der Waals surface area contributed by atoms with Gasteiger partial charge in [0.15, 0.2) is 0 Å². The number of nitrogens with two attached hydrogens (primary N) is 1. The molecule has 4 nitrogen and oxygen atoms in total. The molecule has 5 heteroatoms. The van der Waals surface area contributed by atoms with E-state index in [0.717, 1.165) is 42.8 Å². The molecule has 1 aromatic heterocycles. The highest BCUT2D eigenvalue weighted by atomic mass is 19.1. The van der Waals surface area contributed by atoms with Crippen LogP contribution in [0, 0.1) is 12.7 Å². The maximum Gasteiger partial charge on any atom is 0.146 e. The Kier molecular flexibility index (Phi) is 3.84. The number of aryl methyl sites for hydroxylation is 1. The molecule has 2 N–H and O–H groups in total. The molecule has 1 aromatic carbocycles. The Morgan fingerprint density at radius 3 is 2.90 bits per heavy atom. The molecule has 21 heavy (non-hydrogen) atoms. The molecule has 1 aliphatic heterocycles. The first-order chi connectivity index (χ1) is 10.1. The number of anilines is 1. The van der Waals surface area contributed by atoms with E-state index >= 15 is 0 Å². The first-order valence-corrected chi connectivity index (χ1v) is 7.21. The minimum absolute atomic E-state index is 0.182. The summed E-state index contributed by atoms with van der Waals surface area (Å²) in [7, 11) is 0. The second-order valence-electron chi connectivity index (χ2n) is 5.58. The largest absolute Gasteiger partial charge is 0.382 e. The van der Waals surface area contributed by atoms with Gasteiger partial charge < -0.3 is 5.73 Å². The van der Waals surface area contributed by atoms with E-state index in [1.54, 1.807) is 12.1 Å². The summed E-state index contributed by atoms with van der Waals surface area (Å²) in [5, 5.41) is 8.14. The summed E-state index contributed by atoms with van der Waals surface area (Å²) in [6.07, 6.45) is 2.16. The van der Waals surface area contributed by atoms with Crippen molar-refractivity contribution in [2.24, 2.45) is 0 Å². The Hall–Kier alpha value is -2.01. The second kappa shape index (κ2) is 5.77. The van der Waals surface area contributed by atoms with Gasteiger partial charge in [-0.05, 0) is 61.7 Å². The quantitative estimate of drug-likeness (QED) is 0.942. The molecular weight excluding hydrogens is 267 g/mol. The fraction of sp³-hybridized carbons (Fsp3) is 0.375. The Balaban J connectivity index is 1.81. The molecule has 2 aromatic rings. The van der Waals surface area contributed by atoms with Crippen LogP contribution in [0.3, 0.4) is 0 Å². The minimum atomic E-state index is -0.182. The van der Waals surface area contributed by atoms with Crippen molar-refractivity contribution >= 4 is 5.82 Å². The van der Waals surface area contributed by atoms with Crippen LogP contribution in [0.2, 0.25) is 0 Å². The van der Waals surface area contributed by atoms with Gasteiger partial charge in [-0.3, -0.25) is 4.90 Å². The van der Waals surface area contributed by atoms with Gasteiger partial charge in [0.2, 0.25) is 0 Å². The van der Waals surface area contributed by atoms with E-state index in [1.165, 1.54) is 6.07 Å². The number of halogens is 1. The van der Waals surface area contributed by atoms with Crippen molar-refractivity contribution in [3.63, 3.8) is 0 Å². The summed E-state index contributed by atoms with van der Waals surface area (Å²) in [6, 6.07) is 8.92. The first-order valence-electron chi connectivity index (χ1n) is 7.21. The lowest BCUT2D eigenvalue weighted by Gasteiger charge is -2.24. The molecule has 0 aliphatic carbocycles. The molecule has 0 saturated carbocycles. The summed E-state index contributed by atoms with van der Waals surface area (Å²) in [5.74, 6) is 0.253. The standard InChI is InChI=1S/C16H19FN4/c1-11-4-5-13(17)9-12(11)10-21-8-2-3-15(21)14-6-7-16(18)20-19-14/h4-7,9,15H,2-3,8,10H2,1H3,(H2,18,20). The van der Waals surface area contributed by atoms with Crippen LogP contribution >= 0.6 is 0 Å². The number of nitrogens with zero attached hydrogens (tertiary/aromatic N) is 3. The Bertz CT molecular complexity index is 627. The van der Waals surface area contributed by atoms with E-state index in [-0.39, 0.29) is 11.9 Å². The van der Waals surface area contributed by atoms with E-state index in [4.69, 9.17) is 5.73 Å². The molecule has 1 unspecified atom stereocenters. The zero-order valence-corrected chi connectivity index (χ0v) is 12.1. The van der Waals surface area contributed by atoms with Gasteiger partial charge in [0, 0.05) is 6.54 Å². The smallest absolute Gasteiger partial charge is 0.146 e. The van der Waals surface area contributed by atoms with Gasteiger partial charge in [-0.15, -0.1) is 5.10 Å². The van der Waals surface area contributed by atoms with Crippen LogP contribution in [0.15, 0.2) is 30.3 Å². The van der Waals surface area contributed by atoms with E-state index in [2.05, 4.69) is 15.1 Å². The molecule has 0 bridgehead atoms. The normalized spacial score (nSPS) is 19.0. The average Bonchev–Trinajstić information content (AvgIpc) is 2.92. The number of hydrogen-bond acceptors (Lipinski definition) is 4. The molecule has 1 atom stereocenters. The summed E-state index contributed by atoms with van der Waals surface area (Å²) >= 11 is 0. The Labute approximate surface area is 123 Å². The van der Waals surface area contributed by atoms with Crippen molar-refractivity contribution < 1.29 is 4.39 Å². The van der Waals surface area contributed by atoms with Crippen LogP contribution in [0.4, 0.5) is 10.2 Å². The summed E-state index contributed by atoms with van der Waals surface area (Å²) in [6.45, 7) is 3.75. The maximum absolute atomic E-state index is 13.4. The zero-order chi connectivity index (χ0) is 14.8. The van der Waals surface area contributed by atoms with Gasteiger partial charge in [0.25, 0.3) is 0 Å². The van der Waals surface area contributed by atoms with E-state index in [0.29, 0.717) is 5.82 Å². The van der Waals surface area contributed by atoms with Crippen LogP contribution in [0.25, 0.3) is 0 Å². The second-order valence-corrected chi connectivity index (χ2v) is 5.58. The SMILES string of the molecule is Cc1ccc(F)cc1CN1CCCC1c1ccc(N)nn1. The highest BCUT2D eigenvalue weighted by Gasteiger charge is 2.27. The molecule has 2 heterocycles. The zero-order valence-electron chi connectivity index (χ0n) is 12.1. The lowest BCUT2D eigenvalue weighted by molar-refractivity contribution is 0.242. The predicted octanol–water partition coefficient (Wildman–Crippen LogP) is 2.84. The fourth-order valence-corrected chi connectivity index (χ4v) is 2.91. The third kappa shape index (κ3) is 3.03. The van der Waals surface area contributed by atoms with Gasteiger partial charge in [-0.1, -0.05) is 6.07 Å². The third-order valence-electron chi connectivity index (χ3n) is 4.10. The number of hydrogen-bond donors (Lipinski definition) is 1. The van der Waals surface area contributed by atoms with Crippen molar-refractivity contribution in [2.45, 2.75) is 32.4 Å². The van der Waals surface area contributed by atoms with Gasteiger partial charge >= 0.3 is 0 Å². The van der Waals surface area contributed by atoms with Crippen molar-refractivity contribution in [3.05, 3.63) is 53.0 Å². The average molecular weight is 286 g/mol. The number of likely N-dealkylation sites (tertiary alicyclic amines) is 1. The van der Waals surface area contributed by atoms with Crippen LogP contribution in [-0.4, -0.2) is 21.6 Å². The third-order valence-corrected chi connectivity index (χ3v) is 4.10. The molecule has 1 aliphatic rings. The molecule has 0 amide bonds. The predicted molar refractivity (Wildman–Crippen MR) is 80.0 cm³/mol. The van der Waals surface area contributed by atoms with Crippen LogP contribution in [0.1, 0.15) is 35.7 Å². The Morgan fingerprint density at radius 1 is 1.29 bits per heavy atom. The topological polar surface area (TPSA) is 55.0 Å². The monoisotopic (exact) mass is 286 g/mol. The van der Waals surface area contributed by atoms with E-state index in [9.17, 15) is 4.39 Å². The molecule has 0 spiro atoms. The molecular formula is C16H19FN4. The van der Waals surface area contributed by atoms with Gasteiger partial charge in [0.1, 0.15) is 11.6 Å². The van der Waals surface area contributed by atoms with Crippen molar-refractivity contribution in [1.82, 2.24) is 15.1 Å². The van der Waals surface area contributed by atoms with Crippen molar-refractivity contribution in [2.75, 3.05) is 12.3 Å². The van der Waals surface area contributed by atoms with Crippen molar-refractivity contribution in [1.29, 1.82) is 0 Å². The summed E-state index contributed by atoms with van der Waals surface area (Å²) in [5.41, 5.74) is 8.68. The number of rotatable bonds is 3. The van der Waals surface area contributed by atoms with Gasteiger partial charge in [-0.25, -0.2) is 4.39 Å². The fourth-order valence-electron chi connectivity index (χ4n) is 2.91. The van der Waals surface area contributed by atoms with Gasteiger partial charge in [0.05, 0.1) is 11.7 Å². The van der Waals surface area contributed by atoms with Crippen LogP contribution in [-0.2, 0) is 6.54 Å².